The second-order valence-electron chi connectivity index (χ2n) is 6.65. The topological polar surface area (TPSA) is 92.4 Å². The second kappa shape index (κ2) is 10.1. The van der Waals surface area contributed by atoms with Crippen LogP contribution in [0.2, 0.25) is 0 Å². The average Bonchev–Trinajstić information content (AvgIpc) is 3.37. The molecule has 0 saturated carbocycles. The predicted molar refractivity (Wildman–Crippen MR) is 110 cm³/mol. The minimum absolute atomic E-state index is 0.0323. The highest BCUT2D eigenvalue weighted by atomic mass is 19.3. The van der Waals surface area contributed by atoms with E-state index in [0.29, 0.717) is 5.65 Å². The fourth-order valence-corrected chi connectivity index (χ4v) is 3.04. The third kappa shape index (κ3) is 5.20. The summed E-state index contributed by atoms with van der Waals surface area (Å²) in [5, 5.41) is 13.6. The molecule has 3 aromatic rings. The van der Waals surface area contributed by atoms with E-state index in [-0.39, 0.29) is 11.3 Å². The lowest BCUT2D eigenvalue weighted by molar-refractivity contribution is 0.102. The Morgan fingerprint density at radius 1 is 1.39 bits per heavy atom. The van der Waals surface area contributed by atoms with Crippen LogP contribution in [0, 0.1) is 0 Å². The van der Waals surface area contributed by atoms with Gasteiger partial charge in [0.2, 0.25) is 0 Å². The quantitative estimate of drug-likeness (QED) is 0.596. The van der Waals surface area contributed by atoms with Crippen LogP contribution in [-0.4, -0.2) is 63.1 Å². The first kappa shape index (κ1) is 22.3. The number of halogens is 3. The summed E-state index contributed by atoms with van der Waals surface area (Å²) in [6.45, 7) is 6.03. The Hall–Kier alpha value is -3.41. The molecule has 0 spiro atoms. The predicted octanol–water partition coefficient (Wildman–Crippen LogP) is 2.20. The maximum atomic E-state index is 13.1. The lowest BCUT2D eigenvalue weighted by atomic mass is 10.3. The van der Waals surface area contributed by atoms with Gasteiger partial charge in [-0.1, -0.05) is 6.08 Å². The molecule has 0 aromatic carbocycles. The molecule has 166 valence electrons. The number of rotatable bonds is 5. The largest absolute Gasteiger partial charge is 0.354 e. The number of nitrogens with one attached hydrogen (secondary N) is 2. The number of fused-ring (bicyclic) bond motifs is 1. The van der Waals surface area contributed by atoms with Gasteiger partial charge < -0.3 is 15.5 Å². The summed E-state index contributed by atoms with van der Waals surface area (Å²) >= 11 is 0. The normalized spacial score (nSPS) is 13.8. The van der Waals surface area contributed by atoms with Gasteiger partial charge in [-0.3, -0.25) is 9.48 Å². The monoisotopic (exact) mass is 436 g/mol. The number of aryl methyl sites for hydroxylation is 1. The number of carbonyl (C=O) groups excluding carboxylic acids is 1. The van der Waals surface area contributed by atoms with Crippen molar-refractivity contribution in [3.05, 3.63) is 48.6 Å². The standard InChI is InChI=1S/C16H18F2N8O.C3H5F/c1-24-9-11(13(23-24)14(17)18)21-16(27)10-8-20-26-5-2-12(22-15(10)26)25-6-3-19-4-7-25;1-2-3-4/h2,5,8-9,14,19H,3-4,6-7H2,1H3,(H,21,27);2H,1,3H2. The van der Waals surface area contributed by atoms with Crippen molar-refractivity contribution in [3.8, 4) is 0 Å². The molecular formula is C19H23F3N8O. The van der Waals surface area contributed by atoms with Gasteiger partial charge in [0.05, 0.1) is 11.9 Å². The number of hydrogen-bond acceptors (Lipinski definition) is 6. The number of hydrogen-bond donors (Lipinski definition) is 2. The third-order valence-corrected chi connectivity index (χ3v) is 4.46. The Morgan fingerprint density at radius 2 is 2.10 bits per heavy atom. The molecule has 12 heteroatoms. The number of carbonyl (C=O) groups is 1. The Labute approximate surface area is 176 Å². The minimum Gasteiger partial charge on any atom is -0.354 e. The maximum absolute atomic E-state index is 13.1. The molecule has 31 heavy (non-hydrogen) atoms. The van der Waals surface area contributed by atoms with E-state index in [2.05, 4.69) is 37.3 Å². The smallest absolute Gasteiger partial charge is 0.284 e. The van der Waals surface area contributed by atoms with Crippen LogP contribution in [0.15, 0.2) is 37.3 Å². The molecule has 1 saturated heterocycles. The first-order chi connectivity index (χ1) is 14.9. The molecular weight excluding hydrogens is 413 g/mol. The zero-order chi connectivity index (χ0) is 22.4. The van der Waals surface area contributed by atoms with Crippen LogP contribution in [0.3, 0.4) is 0 Å². The molecule has 1 aliphatic heterocycles. The molecule has 9 nitrogen and oxygen atoms in total. The number of piperazine rings is 1. The molecule has 1 amide bonds. The van der Waals surface area contributed by atoms with E-state index in [1.165, 1.54) is 34.7 Å². The van der Waals surface area contributed by atoms with Crippen LogP contribution >= 0.6 is 0 Å². The number of allylic oxidation sites excluding steroid dienone is 1. The molecule has 0 bridgehead atoms. The maximum Gasteiger partial charge on any atom is 0.284 e. The fraction of sp³-hybridized carbons (Fsp3) is 0.368. The minimum atomic E-state index is -2.79. The van der Waals surface area contributed by atoms with Crippen molar-refractivity contribution in [1.29, 1.82) is 0 Å². The molecule has 4 rings (SSSR count). The van der Waals surface area contributed by atoms with Gasteiger partial charge in [-0.25, -0.2) is 22.7 Å². The fourth-order valence-electron chi connectivity index (χ4n) is 3.04. The van der Waals surface area contributed by atoms with Gasteiger partial charge in [0.25, 0.3) is 12.3 Å². The molecule has 2 N–H and O–H groups in total. The molecule has 4 heterocycles. The number of anilines is 2. The van der Waals surface area contributed by atoms with E-state index in [4.69, 9.17) is 0 Å². The molecule has 3 aromatic heterocycles. The van der Waals surface area contributed by atoms with E-state index in [0.717, 1.165) is 32.0 Å². The number of alkyl halides is 3. The first-order valence-electron chi connectivity index (χ1n) is 9.54. The number of nitrogens with zero attached hydrogens (tertiary/aromatic N) is 6. The lowest BCUT2D eigenvalue weighted by Gasteiger charge is -2.28. The van der Waals surface area contributed by atoms with Crippen molar-refractivity contribution in [3.63, 3.8) is 0 Å². The summed E-state index contributed by atoms with van der Waals surface area (Å²) in [7, 11) is 1.51. The Kier molecular flexibility index (Phi) is 7.23. The summed E-state index contributed by atoms with van der Waals surface area (Å²) in [6.07, 6.45) is 2.86. The van der Waals surface area contributed by atoms with Crippen LogP contribution in [0.1, 0.15) is 22.5 Å². The highest BCUT2D eigenvalue weighted by Crippen LogP contribution is 2.26. The van der Waals surface area contributed by atoms with Crippen molar-refractivity contribution < 1.29 is 18.0 Å². The molecule has 0 aliphatic carbocycles. The molecule has 0 unspecified atom stereocenters. The van der Waals surface area contributed by atoms with E-state index in [9.17, 15) is 18.0 Å². The van der Waals surface area contributed by atoms with E-state index in [1.807, 2.05) is 6.07 Å². The van der Waals surface area contributed by atoms with Crippen molar-refractivity contribution in [2.75, 3.05) is 43.1 Å². The van der Waals surface area contributed by atoms with E-state index in [1.54, 1.807) is 6.20 Å². The highest BCUT2D eigenvalue weighted by molar-refractivity contribution is 6.08. The van der Waals surface area contributed by atoms with Gasteiger partial charge >= 0.3 is 0 Å². The molecule has 0 atom stereocenters. The second-order valence-corrected chi connectivity index (χ2v) is 6.65. The average molecular weight is 436 g/mol. The summed E-state index contributed by atoms with van der Waals surface area (Å²) in [4.78, 5) is 19.3. The zero-order valence-corrected chi connectivity index (χ0v) is 16.9. The highest BCUT2D eigenvalue weighted by Gasteiger charge is 2.22. The lowest BCUT2D eigenvalue weighted by Crippen LogP contribution is -2.43. The van der Waals surface area contributed by atoms with Crippen LogP contribution in [0.25, 0.3) is 5.65 Å². The van der Waals surface area contributed by atoms with Crippen molar-refractivity contribution in [2.45, 2.75) is 6.43 Å². The van der Waals surface area contributed by atoms with Gasteiger partial charge in [0.15, 0.2) is 11.3 Å². The molecule has 0 radical (unpaired) electrons. The van der Waals surface area contributed by atoms with Gasteiger partial charge in [-0.05, 0) is 6.07 Å². The van der Waals surface area contributed by atoms with Crippen LogP contribution in [0.4, 0.5) is 24.7 Å². The van der Waals surface area contributed by atoms with Crippen LogP contribution < -0.4 is 15.5 Å². The summed E-state index contributed by atoms with van der Waals surface area (Å²) in [5.74, 6) is 0.179. The van der Waals surface area contributed by atoms with E-state index >= 15 is 0 Å². The molecule has 1 fully saturated rings. The van der Waals surface area contributed by atoms with Crippen molar-refractivity contribution in [1.82, 2.24) is 29.7 Å². The zero-order valence-electron chi connectivity index (χ0n) is 16.9. The van der Waals surface area contributed by atoms with Crippen molar-refractivity contribution >= 4 is 23.1 Å². The summed E-state index contributed by atoms with van der Waals surface area (Å²) in [6, 6.07) is 1.84. The van der Waals surface area contributed by atoms with Crippen molar-refractivity contribution in [2.24, 2.45) is 7.05 Å². The van der Waals surface area contributed by atoms with Crippen LogP contribution in [0.5, 0.6) is 0 Å². The Balaban J connectivity index is 0.000000628. The van der Waals surface area contributed by atoms with E-state index < -0.39 is 24.7 Å². The SMILES string of the molecule is C=CCF.Cn1cc(NC(=O)c2cnn3ccc(N4CCNCC4)nc23)c(C(F)F)n1. The third-order valence-electron chi connectivity index (χ3n) is 4.46. The number of aromatic nitrogens is 5. The van der Waals surface area contributed by atoms with Gasteiger partial charge in [-0.2, -0.15) is 10.2 Å². The Bertz CT molecular complexity index is 1040. The van der Waals surface area contributed by atoms with Gasteiger partial charge in [0, 0.05) is 45.6 Å². The first-order valence-corrected chi connectivity index (χ1v) is 9.54. The van der Waals surface area contributed by atoms with Gasteiger partial charge in [-0.15, -0.1) is 6.58 Å². The molecule has 1 aliphatic rings. The van der Waals surface area contributed by atoms with Crippen LogP contribution in [-0.2, 0) is 7.05 Å². The number of amides is 1. The Morgan fingerprint density at radius 3 is 2.74 bits per heavy atom. The van der Waals surface area contributed by atoms with Gasteiger partial charge in [0.1, 0.15) is 18.1 Å². The summed E-state index contributed by atoms with van der Waals surface area (Å²) in [5.41, 5.74) is 0.0639. The summed E-state index contributed by atoms with van der Waals surface area (Å²) < 4.78 is 39.5.